The van der Waals surface area contributed by atoms with E-state index in [-0.39, 0.29) is 58.7 Å². The minimum absolute atomic E-state index is 0.0806. The van der Waals surface area contributed by atoms with Crippen LogP contribution in [0.1, 0.15) is 61.0 Å². The SMILES string of the molecule is CCC[C@]1(O)C(C(N)=O)=C(O)CC2CC3Cc4c(N(C)C)cc(CNCC)c(O)c4C(=O)C3=C(O)C21. The maximum absolute atomic E-state index is 14.0. The van der Waals surface area contributed by atoms with E-state index in [9.17, 15) is 30.0 Å². The van der Waals surface area contributed by atoms with Gasteiger partial charge in [-0.1, -0.05) is 20.3 Å². The first-order valence-electron chi connectivity index (χ1n) is 12.7. The molecule has 7 N–H and O–H groups in total. The molecule has 3 unspecified atom stereocenters. The van der Waals surface area contributed by atoms with E-state index in [1.54, 1.807) is 0 Å². The van der Waals surface area contributed by atoms with Gasteiger partial charge in [0.05, 0.1) is 17.1 Å². The Morgan fingerprint density at radius 2 is 1.92 bits per heavy atom. The number of aliphatic hydroxyl groups excluding tert-OH is 2. The molecule has 0 aromatic heterocycles. The number of primary amides is 1. The van der Waals surface area contributed by atoms with Gasteiger partial charge >= 0.3 is 0 Å². The molecule has 4 rings (SSSR count). The zero-order valence-electron chi connectivity index (χ0n) is 21.4. The molecule has 1 amide bonds. The van der Waals surface area contributed by atoms with Gasteiger partial charge in [0.15, 0.2) is 5.78 Å². The minimum Gasteiger partial charge on any atom is -0.512 e. The predicted molar refractivity (Wildman–Crippen MR) is 136 cm³/mol. The fourth-order valence-electron chi connectivity index (χ4n) is 6.67. The maximum Gasteiger partial charge on any atom is 0.250 e. The second kappa shape index (κ2) is 9.44. The highest BCUT2D eigenvalue weighted by atomic mass is 16.3. The Morgan fingerprint density at radius 3 is 2.50 bits per heavy atom. The highest BCUT2D eigenvalue weighted by Crippen LogP contribution is 2.55. The summed E-state index contributed by atoms with van der Waals surface area (Å²) in [7, 11) is 3.77. The van der Waals surface area contributed by atoms with E-state index in [0.29, 0.717) is 37.9 Å². The third-order valence-corrected chi connectivity index (χ3v) is 8.04. The summed E-state index contributed by atoms with van der Waals surface area (Å²) in [4.78, 5) is 28.1. The number of phenolic OH excluding ortho intramolecular Hbond substituents is 1. The lowest BCUT2D eigenvalue weighted by atomic mass is 9.57. The average Bonchev–Trinajstić information content (AvgIpc) is 2.77. The summed E-state index contributed by atoms with van der Waals surface area (Å²) in [6.07, 6.45) is 1.49. The number of phenols is 1. The molecule has 0 aliphatic heterocycles. The van der Waals surface area contributed by atoms with Crippen molar-refractivity contribution in [1.82, 2.24) is 5.32 Å². The third kappa shape index (κ3) is 3.85. The summed E-state index contributed by atoms with van der Waals surface area (Å²) in [6, 6.07) is 1.89. The van der Waals surface area contributed by atoms with Crippen LogP contribution in [0.4, 0.5) is 5.69 Å². The number of nitrogens with one attached hydrogen (secondary N) is 1. The summed E-state index contributed by atoms with van der Waals surface area (Å²) in [6.45, 7) is 4.85. The van der Waals surface area contributed by atoms with Crippen molar-refractivity contribution in [2.24, 2.45) is 23.5 Å². The number of carbonyl (C=O) groups excluding carboxylic acids is 2. The molecule has 0 bridgehead atoms. The smallest absolute Gasteiger partial charge is 0.250 e. The Morgan fingerprint density at radius 1 is 1.22 bits per heavy atom. The Hall–Kier alpha value is -3.04. The first-order valence-corrected chi connectivity index (χ1v) is 12.7. The second-order valence-corrected chi connectivity index (χ2v) is 10.5. The fourth-order valence-corrected chi connectivity index (χ4v) is 6.67. The van der Waals surface area contributed by atoms with E-state index < -0.39 is 23.2 Å². The molecule has 9 heteroatoms. The van der Waals surface area contributed by atoms with Gasteiger partial charge in [0, 0.05) is 43.9 Å². The number of carbonyl (C=O) groups is 2. The molecule has 0 saturated carbocycles. The number of nitrogens with two attached hydrogens (primary N) is 1. The van der Waals surface area contributed by atoms with Gasteiger partial charge in [-0.05, 0) is 49.3 Å². The van der Waals surface area contributed by atoms with Crippen LogP contribution in [0.3, 0.4) is 0 Å². The summed E-state index contributed by atoms with van der Waals surface area (Å²) in [5.41, 5.74) is 5.86. The number of ketones is 1. The molecule has 0 radical (unpaired) electrons. The normalized spacial score (nSPS) is 27.5. The molecule has 0 spiro atoms. The molecule has 196 valence electrons. The zero-order valence-corrected chi connectivity index (χ0v) is 21.4. The zero-order chi connectivity index (χ0) is 26.5. The van der Waals surface area contributed by atoms with Crippen LogP contribution in [-0.4, -0.2) is 58.4 Å². The molecule has 36 heavy (non-hydrogen) atoms. The van der Waals surface area contributed by atoms with Crippen molar-refractivity contribution in [3.05, 3.63) is 45.4 Å². The predicted octanol–water partition coefficient (Wildman–Crippen LogP) is 2.60. The van der Waals surface area contributed by atoms with Gasteiger partial charge in [0.2, 0.25) is 0 Å². The topological polar surface area (TPSA) is 156 Å². The average molecular weight is 500 g/mol. The van der Waals surface area contributed by atoms with Gasteiger partial charge in [-0.2, -0.15) is 0 Å². The molecule has 4 atom stereocenters. The first kappa shape index (κ1) is 26.0. The molecule has 1 aromatic rings. The molecule has 3 aliphatic carbocycles. The molecule has 0 saturated heterocycles. The number of fused-ring (bicyclic) bond motifs is 3. The quantitative estimate of drug-likeness (QED) is 0.334. The summed E-state index contributed by atoms with van der Waals surface area (Å²) < 4.78 is 0. The van der Waals surface area contributed by atoms with Crippen molar-refractivity contribution in [2.45, 2.75) is 58.1 Å². The van der Waals surface area contributed by atoms with Gasteiger partial charge in [-0.15, -0.1) is 0 Å². The van der Waals surface area contributed by atoms with Crippen LogP contribution in [0.25, 0.3) is 0 Å². The van der Waals surface area contributed by atoms with Crippen molar-refractivity contribution in [3.63, 3.8) is 0 Å². The van der Waals surface area contributed by atoms with Gasteiger partial charge in [-0.25, -0.2) is 0 Å². The van der Waals surface area contributed by atoms with E-state index >= 15 is 0 Å². The van der Waals surface area contributed by atoms with Crippen LogP contribution in [0.15, 0.2) is 28.7 Å². The lowest BCUT2D eigenvalue weighted by molar-refractivity contribution is -0.120. The molecule has 0 fully saturated rings. The van der Waals surface area contributed by atoms with Crippen molar-refractivity contribution >= 4 is 17.4 Å². The van der Waals surface area contributed by atoms with Crippen LogP contribution in [0, 0.1) is 17.8 Å². The van der Waals surface area contributed by atoms with Crippen molar-refractivity contribution in [3.8, 4) is 5.75 Å². The number of hydrogen-bond donors (Lipinski definition) is 6. The van der Waals surface area contributed by atoms with Gasteiger partial charge < -0.3 is 36.4 Å². The lowest BCUT2D eigenvalue weighted by Gasteiger charge is -2.49. The monoisotopic (exact) mass is 499 g/mol. The highest BCUT2D eigenvalue weighted by Gasteiger charge is 2.57. The van der Waals surface area contributed by atoms with Crippen molar-refractivity contribution in [2.75, 3.05) is 25.5 Å². The van der Waals surface area contributed by atoms with E-state index in [2.05, 4.69) is 5.32 Å². The number of benzene rings is 1. The van der Waals surface area contributed by atoms with Gasteiger partial charge in [-0.3, -0.25) is 9.59 Å². The lowest BCUT2D eigenvalue weighted by Crippen LogP contribution is -2.54. The Bertz CT molecular complexity index is 1170. The van der Waals surface area contributed by atoms with Crippen LogP contribution >= 0.6 is 0 Å². The number of amides is 1. The summed E-state index contributed by atoms with van der Waals surface area (Å²) in [5, 5.41) is 48.3. The number of nitrogens with zero attached hydrogens (tertiary/aromatic N) is 1. The molecule has 9 nitrogen and oxygen atoms in total. The largest absolute Gasteiger partial charge is 0.512 e. The molecular formula is C27H37N3O6. The van der Waals surface area contributed by atoms with E-state index in [1.165, 1.54) is 0 Å². The number of anilines is 1. The van der Waals surface area contributed by atoms with Crippen LogP contribution in [0.5, 0.6) is 5.75 Å². The Kier molecular flexibility index (Phi) is 6.83. The number of aliphatic hydroxyl groups is 3. The van der Waals surface area contributed by atoms with E-state index in [4.69, 9.17) is 5.73 Å². The van der Waals surface area contributed by atoms with Crippen LogP contribution < -0.4 is 16.0 Å². The molecule has 0 heterocycles. The Balaban J connectivity index is 1.91. The number of aromatic hydroxyl groups is 1. The molecule has 3 aliphatic rings. The number of rotatable bonds is 7. The fraction of sp³-hybridized carbons (Fsp3) is 0.556. The van der Waals surface area contributed by atoms with Crippen LogP contribution in [-0.2, 0) is 17.8 Å². The summed E-state index contributed by atoms with van der Waals surface area (Å²) >= 11 is 0. The van der Waals surface area contributed by atoms with Gasteiger partial charge in [0.1, 0.15) is 22.9 Å². The summed E-state index contributed by atoms with van der Waals surface area (Å²) in [5.74, 6) is -3.71. The number of allylic oxidation sites excluding steroid dienone is 2. The number of hydrogen-bond acceptors (Lipinski definition) is 8. The molecular weight excluding hydrogens is 462 g/mol. The second-order valence-electron chi connectivity index (χ2n) is 10.5. The standard InChI is InChI=1S/C27H37N3O6/c1-5-7-27(36)21-14(11-18(31)22(27)26(28)35)8-13-9-16-17(30(3)4)10-15(12-29-6-2)23(32)20(16)24(33)19(13)25(21)34/h10,13-14,21,29,31-32,34,36H,5-9,11-12H2,1-4H3,(H2,28,35)/t13?,14?,21?,27-/m1/s1. The van der Waals surface area contributed by atoms with Crippen molar-refractivity contribution in [1.29, 1.82) is 0 Å². The number of Topliss-reactive ketones (excluding diaryl/α,β-unsaturated/α-hetero) is 1. The maximum atomic E-state index is 14.0. The van der Waals surface area contributed by atoms with Crippen molar-refractivity contribution < 1.29 is 30.0 Å². The molecule has 1 aromatic carbocycles. The Labute approximate surface area is 211 Å². The first-order chi connectivity index (χ1) is 17.0. The minimum atomic E-state index is -1.89. The highest BCUT2D eigenvalue weighted by molar-refractivity contribution is 6.14. The van der Waals surface area contributed by atoms with Crippen LogP contribution in [0.2, 0.25) is 0 Å². The third-order valence-electron chi connectivity index (χ3n) is 8.04. The van der Waals surface area contributed by atoms with Gasteiger partial charge in [0.25, 0.3) is 5.91 Å². The van der Waals surface area contributed by atoms with E-state index in [0.717, 1.165) is 11.3 Å². The van der Waals surface area contributed by atoms with E-state index in [1.807, 2.05) is 38.9 Å².